The van der Waals surface area contributed by atoms with Gasteiger partial charge < -0.3 is 5.11 Å². The number of aryl methyl sites for hydroxylation is 2. The first kappa shape index (κ1) is 18.1. The fraction of sp³-hybridized carbons (Fsp3) is 0.450. The van der Waals surface area contributed by atoms with Crippen LogP contribution in [0.2, 0.25) is 0 Å². The number of nitrogens with one attached hydrogen (secondary N) is 1. The Labute approximate surface area is 153 Å². The van der Waals surface area contributed by atoms with E-state index < -0.39 is 5.97 Å². The molecule has 5 heteroatoms. The van der Waals surface area contributed by atoms with Gasteiger partial charge in [0.05, 0.1) is 5.56 Å². The van der Waals surface area contributed by atoms with Gasteiger partial charge in [-0.15, -0.1) is 11.3 Å². The Morgan fingerprint density at radius 3 is 2.84 bits per heavy atom. The number of hydrogen-bond acceptors (Lipinski definition) is 4. The number of hydrazine groups is 1. The van der Waals surface area contributed by atoms with Gasteiger partial charge in [0.2, 0.25) is 0 Å². The number of rotatable bonds is 6. The smallest absolute Gasteiger partial charge is 0.337 e. The SMILES string of the molecule is CC1(C)CCc2sc(-c3ccccc3CCCNN)c(C(=O)O)c2C1. The molecule has 2 aromatic rings. The minimum absolute atomic E-state index is 0.169. The molecule has 25 heavy (non-hydrogen) atoms. The van der Waals surface area contributed by atoms with E-state index in [-0.39, 0.29) is 5.41 Å². The van der Waals surface area contributed by atoms with Gasteiger partial charge in [-0.1, -0.05) is 38.1 Å². The monoisotopic (exact) mass is 358 g/mol. The highest BCUT2D eigenvalue weighted by atomic mass is 32.1. The largest absolute Gasteiger partial charge is 0.478 e. The maximum Gasteiger partial charge on any atom is 0.337 e. The molecule has 0 saturated heterocycles. The van der Waals surface area contributed by atoms with Gasteiger partial charge in [-0.2, -0.15) is 0 Å². The zero-order valence-corrected chi connectivity index (χ0v) is 15.7. The number of thiophene rings is 1. The lowest BCUT2D eigenvalue weighted by molar-refractivity contribution is 0.0696. The topological polar surface area (TPSA) is 75.3 Å². The minimum Gasteiger partial charge on any atom is -0.478 e. The van der Waals surface area contributed by atoms with E-state index in [1.165, 1.54) is 10.4 Å². The van der Waals surface area contributed by atoms with Crippen LogP contribution in [-0.2, 0) is 19.3 Å². The molecule has 134 valence electrons. The normalized spacial score (nSPS) is 15.8. The van der Waals surface area contributed by atoms with E-state index in [1.807, 2.05) is 12.1 Å². The van der Waals surface area contributed by atoms with Crippen molar-refractivity contribution in [1.29, 1.82) is 0 Å². The molecule has 0 bridgehead atoms. The van der Waals surface area contributed by atoms with Crippen molar-refractivity contribution >= 4 is 17.3 Å². The molecule has 1 aromatic heterocycles. The third-order valence-corrected chi connectivity index (χ3v) is 6.34. The van der Waals surface area contributed by atoms with Crippen LogP contribution in [0.1, 0.15) is 53.1 Å². The fourth-order valence-electron chi connectivity index (χ4n) is 3.68. The zero-order valence-electron chi connectivity index (χ0n) is 14.9. The Hall–Kier alpha value is -1.69. The van der Waals surface area contributed by atoms with Crippen LogP contribution in [0, 0.1) is 5.41 Å². The molecule has 0 radical (unpaired) electrons. The first-order valence-electron chi connectivity index (χ1n) is 8.82. The van der Waals surface area contributed by atoms with Gasteiger partial charge in [0.1, 0.15) is 0 Å². The van der Waals surface area contributed by atoms with Gasteiger partial charge >= 0.3 is 5.97 Å². The molecule has 0 aliphatic heterocycles. The lowest BCUT2D eigenvalue weighted by atomic mass is 9.76. The Balaban J connectivity index is 2.07. The molecule has 1 aromatic carbocycles. The van der Waals surface area contributed by atoms with Crippen molar-refractivity contribution in [2.24, 2.45) is 11.3 Å². The van der Waals surface area contributed by atoms with Crippen LogP contribution in [0.4, 0.5) is 0 Å². The zero-order chi connectivity index (χ0) is 18.0. The molecular formula is C20H26N2O2S. The van der Waals surface area contributed by atoms with Crippen molar-refractivity contribution in [3.63, 3.8) is 0 Å². The van der Waals surface area contributed by atoms with E-state index >= 15 is 0 Å². The quantitative estimate of drug-likeness (QED) is 0.414. The van der Waals surface area contributed by atoms with E-state index in [0.29, 0.717) is 5.56 Å². The summed E-state index contributed by atoms with van der Waals surface area (Å²) in [4.78, 5) is 14.3. The minimum atomic E-state index is -0.802. The highest BCUT2D eigenvalue weighted by Crippen LogP contribution is 2.45. The lowest BCUT2D eigenvalue weighted by Gasteiger charge is -2.29. The van der Waals surface area contributed by atoms with Crippen LogP contribution in [-0.4, -0.2) is 17.6 Å². The number of benzene rings is 1. The fourth-order valence-corrected chi connectivity index (χ4v) is 5.05. The maximum atomic E-state index is 12.1. The summed E-state index contributed by atoms with van der Waals surface area (Å²) in [7, 11) is 0. The van der Waals surface area contributed by atoms with Crippen molar-refractivity contribution < 1.29 is 9.90 Å². The van der Waals surface area contributed by atoms with Crippen molar-refractivity contribution in [1.82, 2.24) is 5.43 Å². The molecule has 3 rings (SSSR count). The summed E-state index contributed by atoms with van der Waals surface area (Å²) in [5.41, 5.74) is 6.69. The van der Waals surface area contributed by atoms with Crippen LogP contribution in [0.5, 0.6) is 0 Å². The van der Waals surface area contributed by atoms with Gasteiger partial charge in [0.15, 0.2) is 0 Å². The second-order valence-electron chi connectivity index (χ2n) is 7.57. The molecule has 1 aliphatic carbocycles. The van der Waals surface area contributed by atoms with E-state index in [2.05, 4.69) is 31.4 Å². The van der Waals surface area contributed by atoms with Crippen molar-refractivity contribution in [2.75, 3.05) is 6.54 Å². The molecule has 0 atom stereocenters. The number of hydrogen-bond donors (Lipinski definition) is 3. The average Bonchev–Trinajstić information content (AvgIpc) is 2.93. The summed E-state index contributed by atoms with van der Waals surface area (Å²) < 4.78 is 0. The Bertz CT molecular complexity index is 780. The predicted molar refractivity (Wildman–Crippen MR) is 103 cm³/mol. The van der Waals surface area contributed by atoms with Crippen LogP contribution >= 0.6 is 11.3 Å². The van der Waals surface area contributed by atoms with E-state index in [9.17, 15) is 9.90 Å². The maximum absolute atomic E-state index is 12.1. The standard InChI is InChI=1S/C20H26N2O2S/c1-20(2)10-9-16-15(12-20)17(19(23)24)18(25-16)14-8-4-3-6-13(14)7-5-11-22-21/h3-4,6,8,22H,5,7,9-12,21H2,1-2H3,(H,23,24). The summed E-state index contributed by atoms with van der Waals surface area (Å²) in [5.74, 6) is 4.57. The van der Waals surface area contributed by atoms with Gasteiger partial charge in [0, 0.05) is 16.3 Å². The third-order valence-electron chi connectivity index (χ3n) is 5.02. The second-order valence-corrected chi connectivity index (χ2v) is 8.67. The van der Waals surface area contributed by atoms with E-state index in [0.717, 1.165) is 54.7 Å². The van der Waals surface area contributed by atoms with Crippen molar-refractivity contribution in [3.8, 4) is 10.4 Å². The van der Waals surface area contributed by atoms with Crippen LogP contribution in [0.25, 0.3) is 10.4 Å². The number of carbonyl (C=O) groups is 1. The molecule has 0 spiro atoms. The van der Waals surface area contributed by atoms with Gasteiger partial charge in [-0.3, -0.25) is 11.3 Å². The molecule has 1 heterocycles. The Kier molecular flexibility index (Phi) is 5.27. The molecule has 0 unspecified atom stereocenters. The molecule has 0 fully saturated rings. The van der Waals surface area contributed by atoms with Gasteiger partial charge in [0.25, 0.3) is 0 Å². The molecule has 4 N–H and O–H groups in total. The van der Waals surface area contributed by atoms with Gasteiger partial charge in [-0.25, -0.2) is 4.79 Å². The average molecular weight is 359 g/mol. The highest BCUT2D eigenvalue weighted by Gasteiger charge is 2.33. The molecule has 0 saturated carbocycles. The summed E-state index contributed by atoms with van der Waals surface area (Å²) in [5, 5.41) is 9.93. The Morgan fingerprint density at radius 1 is 1.36 bits per heavy atom. The molecule has 0 amide bonds. The first-order valence-corrected chi connectivity index (χ1v) is 9.64. The lowest BCUT2D eigenvalue weighted by Crippen LogP contribution is -2.23. The number of fused-ring (bicyclic) bond motifs is 1. The van der Waals surface area contributed by atoms with E-state index in [1.54, 1.807) is 11.3 Å². The second kappa shape index (κ2) is 7.28. The summed E-state index contributed by atoms with van der Waals surface area (Å²) in [6.45, 7) is 5.20. The highest BCUT2D eigenvalue weighted by molar-refractivity contribution is 7.16. The first-order chi connectivity index (χ1) is 11.9. The van der Waals surface area contributed by atoms with Crippen molar-refractivity contribution in [2.45, 2.75) is 46.0 Å². The summed E-state index contributed by atoms with van der Waals surface area (Å²) in [6.07, 6.45) is 4.75. The molecule has 1 aliphatic rings. The van der Waals surface area contributed by atoms with Crippen LogP contribution < -0.4 is 11.3 Å². The van der Waals surface area contributed by atoms with Crippen molar-refractivity contribution in [3.05, 3.63) is 45.8 Å². The number of nitrogens with two attached hydrogens (primary N) is 1. The summed E-state index contributed by atoms with van der Waals surface area (Å²) >= 11 is 1.68. The van der Waals surface area contributed by atoms with Crippen LogP contribution in [0.3, 0.4) is 0 Å². The Morgan fingerprint density at radius 2 is 2.12 bits per heavy atom. The molecular weight excluding hydrogens is 332 g/mol. The van der Waals surface area contributed by atoms with Crippen LogP contribution in [0.15, 0.2) is 24.3 Å². The number of carboxylic acid groups (broad SMARTS) is 1. The van der Waals surface area contributed by atoms with Gasteiger partial charge in [-0.05, 0) is 54.2 Å². The van der Waals surface area contributed by atoms with E-state index in [4.69, 9.17) is 5.84 Å². The number of aromatic carboxylic acids is 1. The third kappa shape index (κ3) is 3.78. The molecule has 4 nitrogen and oxygen atoms in total. The number of carboxylic acids is 1. The summed E-state index contributed by atoms with van der Waals surface area (Å²) in [6, 6.07) is 8.17. The predicted octanol–water partition coefficient (Wildman–Crippen LogP) is 4.02.